The smallest absolute Gasteiger partial charge is 0.223 e. The minimum Gasteiger partial charge on any atom is -0.353 e. The van der Waals surface area contributed by atoms with Crippen molar-refractivity contribution in [2.24, 2.45) is 23.5 Å². The van der Waals surface area contributed by atoms with Crippen molar-refractivity contribution in [1.29, 1.82) is 0 Å². The van der Waals surface area contributed by atoms with Gasteiger partial charge in [-0.05, 0) is 43.9 Å². The zero-order valence-corrected chi connectivity index (χ0v) is 11.1. The van der Waals surface area contributed by atoms with Crippen LogP contribution in [-0.2, 0) is 4.79 Å². The van der Waals surface area contributed by atoms with Crippen molar-refractivity contribution in [3.8, 4) is 0 Å². The molecule has 2 saturated carbocycles. The van der Waals surface area contributed by atoms with E-state index in [0.29, 0.717) is 17.9 Å². The van der Waals surface area contributed by atoms with E-state index in [1.165, 1.54) is 12.8 Å². The molecule has 2 rings (SSSR count). The molecule has 2 fully saturated rings. The Bertz CT molecular complexity index is 279. The lowest BCUT2D eigenvalue weighted by Gasteiger charge is -2.32. The fourth-order valence-electron chi connectivity index (χ4n) is 3.37. The van der Waals surface area contributed by atoms with Crippen LogP contribution >= 0.6 is 0 Å². The number of amides is 1. The molecule has 0 heterocycles. The predicted molar refractivity (Wildman–Crippen MR) is 69.4 cm³/mol. The molecule has 0 aromatic heterocycles. The summed E-state index contributed by atoms with van der Waals surface area (Å²) >= 11 is 0. The summed E-state index contributed by atoms with van der Waals surface area (Å²) < 4.78 is 0. The Morgan fingerprint density at radius 2 is 1.88 bits per heavy atom. The first-order valence-electron chi connectivity index (χ1n) is 7.14. The molecule has 1 amide bonds. The quantitative estimate of drug-likeness (QED) is 0.773. The molecule has 5 unspecified atom stereocenters. The molecule has 2 aliphatic rings. The topological polar surface area (TPSA) is 55.1 Å². The summed E-state index contributed by atoms with van der Waals surface area (Å²) in [4.78, 5) is 12.3. The number of hydrogen-bond acceptors (Lipinski definition) is 2. The van der Waals surface area contributed by atoms with Crippen molar-refractivity contribution in [1.82, 2.24) is 5.32 Å². The zero-order valence-electron chi connectivity index (χ0n) is 11.1. The summed E-state index contributed by atoms with van der Waals surface area (Å²) in [5, 5.41) is 3.25. The summed E-state index contributed by atoms with van der Waals surface area (Å²) in [6, 6.07) is 0.635. The molecule has 3 heteroatoms. The first-order valence-corrected chi connectivity index (χ1v) is 7.14. The lowest BCUT2D eigenvalue weighted by atomic mass is 9.77. The average Bonchev–Trinajstić information content (AvgIpc) is 2.68. The highest BCUT2D eigenvalue weighted by molar-refractivity contribution is 5.79. The second-order valence-electron chi connectivity index (χ2n) is 6.18. The van der Waals surface area contributed by atoms with Gasteiger partial charge >= 0.3 is 0 Å². The molecule has 0 aliphatic heterocycles. The standard InChI is InChI=1S/C14H26N2O/c1-9-6-7-11(15)8-12(9)14(17)16-13-5-3-4-10(13)2/h9-13H,3-8,15H2,1-2H3,(H,16,17). The number of carbonyl (C=O) groups excluding carboxylic acids is 1. The Kier molecular flexibility index (Phi) is 4.08. The van der Waals surface area contributed by atoms with Gasteiger partial charge in [0.05, 0.1) is 0 Å². The first-order chi connectivity index (χ1) is 8.08. The second-order valence-corrected chi connectivity index (χ2v) is 6.18. The normalized spacial score (nSPS) is 42.4. The van der Waals surface area contributed by atoms with Gasteiger partial charge < -0.3 is 11.1 Å². The van der Waals surface area contributed by atoms with Crippen molar-refractivity contribution in [2.45, 2.75) is 64.5 Å². The van der Waals surface area contributed by atoms with Crippen LogP contribution in [-0.4, -0.2) is 18.0 Å². The highest BCUT2D eigenvalue weighted by Crippen LogP contribution is 2.31. The molecule has 0 spiro atoms. The van der Waals surface area contributed by atoms with E-state index in [-0.39, 0.29) is 17.9 Å². The third kappa shape index (κ3) is 3.01. The number of rotatable bonds is 2. The van der Waals surface area contributed by atoms with Crippen molar-refractivity contribution < 1.29 is 4.79 Å². The van der Waals surface area contributed by atoms with E-state index >= 15 is 0 Å². The van der Waals surface area contributed by atoms with E-state index in [4.69, 9.17) is 5.73 Å². The first kappa shape index (κ1) is 12.9. The van der Waals surface area contributed by atoms with Crippen LogP contribution in [0.15, 0.2) is 0 Å². The number of nitrogens with two attached hydrogens (primary N) is 1. The lowest BCUT2D eigenvalue weighted by molar-refractivity contribution is -0.128. The lowest BCUT2D eigenvalue weighted by Crippen LogP contribution is -2.45. The highest BCUT2D eigenvalue weighted by atomic mass is 16.2. The molecule has 0 bridgehead atoms. The van der Waals surface area contributed by atoms with E-state index < -0.39 is 0 Å². The Labute approximate surface area is 105 Å². The zero-order chi connectivity index (χ0) is 12.4. The molecule has 5 atom stereocenters. The average molecular weight is 238 g/mol. The van der Waals surface area contributed by atoms with Crippen LogP contribution in [0.3, 0.4) is 0 Å². The van der Waals surface area contributed by atoms with Gasteiger partial charge in [-0.1, -0.05) is 20.3 Å². The summed E-state index contributed by atoms with van der Waals surface area (Å²) in [5.74, 6) is 1.54. The van der Waals surface area contributed by atoms with Gasteiger partial charge in [-0.2, -0.15) is 0 Å². The van der Waals surface area contributed by atoms with Gasteiger partial charge in [0.25, 0.3) is 0 Å². The molecule has 0 saturated heterocycles. The van der Waals surface area contributed by atoms with Crippen LogP contribution in [0, 0.1) is 17.8 Å². The predicted octanol–water partition coefficient (Wildman–Crippen LogP) is 2.05. The maximum Gasteiger partial charge on any atom is 0.223 e. The van der Waals surface area contributed by atoms with Gasteiger partial charge in [0.15, 0.2) is 0 Å². The van der Waals surface area contributed by atoms with E-state index in [1.54, 1.807) is 0 Å². The molecule has 3 N–H and O–H groups in total. The fraction of sp³-hybridized carbons (Fsp3) is 0.929. The third-order valence-corrected chi connectivity index (χ3v) is 4.76. The summed E-state index contributed by atoms with van der Waals surface area (Å²) in [7, 11) is 0. The monoisotopic (exact) mass is 238 g/mol. The van der Waals surface area contributed by atoms with Crippen LogP contribution in [0.5, 0.6) is 0 Å². The van der Waals surface area contributed by atoms with Gasteiger partial charge in [-0.3, -0.25) is 4.79 Å². The van der Waals surface area contributed by atoms with E-state index in [0.717, 1.165) is 25.7 Å². The number of hydrogen-bond donors (Lipinski definition) is 2. The molecular weight excluding hydrogens is 212 g/mol. The fourth-order valence-corrected chi connectivity index (χ4v) is 3.37. The summed E-state index contributed by atoms with van der Waals surface area (Å²) in [5.41, 5.74) is 5.98. The minimum absolute atomic E-state index is 0.145. The van der Waals surface area contributed by atoms with Gasteiger partial charge in [0.2, 0.25) is 5.91 Å². The van der Waals surface area contributed by atoms with Crippen LogP contribution < -0.4 is 11.1 Å². The Morgan fingerprint density at radius 1 is 1.12 bits per heavy atom. The molecule has 3 nitrogen and oxygen atoms in total. The van der Waals surface area contributed by atoms with E-state index in [2.05, 4.69) is 19.2 Å². The second kappa shape index (κ2) is 5.38. The number of carbonyl (C=O) groups is 1. The van der Waals surface area contributed by atoms with Gasteiger partial charge in [-0.15, -0.1) is 0 Å². The van der Waals surface area contributed by atoms with E-state index in [9.17, 15) is 4.79 Å². The minimum atomic E-state index is 0.145. The Morgan fingerprint density at radius 3 is 2.53 bits per heavy atom. The molecule has 17 heavy (non-hydrogen) atoms. The largest absolute Gasteiger partial charge is 0.353 e. The maximum atomic E-state index is 12.3. The molecule has 0 aromatic rings. The Hall–Kier alpha value is -0.570. The highest BCUT2D eigenvalue weighted by Gasteiger charge is 2.33. The SMILES string of the molecule is CC1CCCC1NC(=O)C1CC(N)CCC1C. The van der Waals surface area contributed by atoms with Crippen LogP contribution in [0.1, 0.15) is 52.4 Å². The Balaban J connectivity index is 1.89. The third-order valence-electron chi connectivity index (χ3n) is 4.76. The van der Waals surface area contributed by atoms with Crippen molar-refractivity contribution in [2.75, 3.05) is 0 Å². The van der Waals surface area contributed by atoms with Crippen molar-refractivity contribution in [3.05, 3.63) is 0 Å². The van der Waals surface area contributed by atoms with Crippen molar-refractivity contribution in [3.63, 3.8) is 0 Å². The van der Waals surface area contributed by atoms with Crippen LogP contribution in [0.2, 0.25) is 0 Å². The van der Waals surface area contributed by atoms with Gasteiger partial charge in [0.1, 0.15) is 0 Å². The molecule has 0 aromatic carbocycles. The van der Waals surface area contributed by atoms with Gasteiger partial charge in [-0.25, -0.2) is 0 Å². The van der Waals surface area contributed by atoms with Crippen LogP contribution in [0.4, 0.5) is 0 Å². The molecule has 98 valence electrons. The summed E-state index contributed by atoms with van der Waals surface area (Å²) in [6.45, 7) is 4.43. The van der Waals surface area contributed by atoms with E-state index in [1.807, 2.05) is 0 Å². The molecule has 2 aliphatic carbocycles. The number of nitrogens with one attached hydrogen (secondary N) is 1. The summed E-state index contributed by atoms with van der Waals surface area (Å²) in [6.07, 6.45) is 6.70. The molecular formula is C14H26N2O. The van der Waals surface area contributed by atoms with Gasteiger partial charge in [0, 0.05) is 18.0 Å². The van der Waals surface area contributed by atoms with Crippen LogP contribution in [0.25, 0.3) is 0 Å². The molecule has 0 radical (unpaired) electrons. The van der Waals surface area contributed by atoms with Crippen molar-refractivity contribution >= 4 is 5.91 Å². The maximum absolute atomic E-state index is 12.3.